The van der Waals surface area contributed by atoms with Crippen molar-refractivity contribution >= 4 is 29.1 Å². The van der Waals surface area contributed by atoms with Crippen molar-refractivity contribution in [1.82, 2.24) is 5.32 Å². The highest BCUT2D eigenvalue weighted by Crippen LogP contribution is 2.21. The molecular weight excluding hydrogens is 336 g/mol. The zero-order valence-corrected chi connectivity index (χ0v) is 15.7. The molecule has 2 aromatic carbocycles. The van der Waals surface area contributed by atoms with Gasteiger partial charge in [0.1, 0.15) is 5.41 Å². The van der Waals surface area contributed by atoms with E-state index in [0.29, 0.717) is 17.3 Å². The van der Waals surface area contributed by atoms with E-state index in [2.05, 4.69) is 10.6 Å². The smallest absolute Gasteiger partial charge is 0.239 e. The van der Waals surface area contributed by atoms with Crippen LogP contribution in [0.2, 0.25) is 5.02 Å². The predicted octanol–water partition coefficient (Wildman–Crippen LogP) is 4.24. The number of halogens is 1. The number of amides is 2. The Balaban J connectivity index is 2.01. The first-order chi connectivity index (χ1) is 11.7. The van der Waals surface area contributed by atoms with Crippen LogP contribution in [0.1, 0.15) is 30.5 Å². The van der Waals surface area contributed by atoms with E-state index in [9.17, 15) is 9.59 Å². The largest absolute Gasteiger partial charge is 0.351 e. The van der Waals surface area contributed by atoms with Crippen molar-refractivity contribution in [1.29, 1.82) is 0 Å². The zero-order valence-electron chi connectivity index (χ0n) is 14.9. The van der Waals surface area contributed by atoms with Crippen molar-refractivity contribution in [2.75, 3.05) is 5.32 Å². The SMILES string of the molecule is Cc1cc(C)cc(NC(=O)C(C)(C)C(=O)NCc2ccc(Cl)cc2)c1. The topological polar surface area (TPSA) is 58.2 Å². The molecule has 0 radical (unpaired) electrons. The van der Waals surface area contributed by atoms with Gasteiger partial charge >= 0.3 is 0 Å². The molecule has 0 heterocycles. The Morgan fingerprint density at radius 1 is 0.960 bits per heavy atom. The van der Waals surface area contributed by atoms with Gasteiger partial charge in [0.25, 0.3) is 0 Å². The third-order valence-corrected chi connectivity index (χ3v) is 4.23. The molecule has 0 aliphatic carbocycles. The average molecular weight is 359 g/mol. The Bertz CT molecular complexity index is 763. The summed E-state index contributed by atoms with van der Waals surface area (Å²) in [4.78, 5) is 25.0. The number of hydrogen-bond acceptors (Lipinski definition) is 2. The minimum absolute atomic E-state index is 0.329. The second kappa shape index (κ2) is 7.70. The molecule has 25 heavy (non-hydrogen) atoms. The number of aryl methyl sites for hydroxylation is 2. The highest BCUT2D eigenvalue weighted by Gasteiger charge is 2.35. The molecule has 0 bridgehead atoms. The lowest BCUT2D eigenvalue weighted by Crippen LogP contribution is -2.44. The molecule has 0 fully saturated rings. The van der Waals surface area contributed by atoms with Crippen LogP contribution >= 0.6 is 11.6 Å². The summed E-state index contributed by atoms with van der Waals surface area (Å²) in [6.45, 7) is 7.50. The number of carbonyl (C=O) groups excluding carboxylic acids is 2. The highest BCUT2D eigenvalue weighted by atomic mass is 35.5. The molecule has 0 aliphatic rings. The maximum absolute atomic E-state index is 12.6. The van der Waals surface area contributed by atoms with Crippen LogP contribution < -0.4 is 10.6 Å². The third-order valence-electron chi connectivity index (χ3n) is 3.98. The van der Waals surface area contributed by atoms with Gasteiger partial charge in [0, 0.05) is 17.3 Å². The number of rotatable bonds is 5. The maximum Gasteiger partial charge on any atom is 0.239 e. The molecule has 2 rings (SSSR count). The van der Waals surface area contributed by atoms with E-state index in [4.69, 9.17) is 11.6 Å². The van der Waals surface area contributed by atoms with E-state index in [1.165, 1.54) is 0 Å². The molecule has 0 saturated heterocycles. The first kappa shape index (κ1) is 19.0. The van der Waals surface area contributed by atoms with Crippen molar-refractivity contribution < 1.29 is 9.59 Å². The van der Waals surface area contributed by atoms with Gasteiger partial charge in [-0.15, -0.1) is 0 Å². The Kier molecular flexibility index (Phi) is 5.85. The molecule has 2 N–H and O–H groups in total. The fourth-order valence-electron chi connectivity index (χ4n) is 2.44. The van der Waals surface area contributed by atoms with Gasteiger partial charge in [-0.1, -0.05) is 29.8 Å². The summed E-state index contributed by atoms with van der Waals surface area (Å²) in [6, 6.07) is 13.0. The lowest BCUT2D eigenvalue weighted by atomic mass is 9.90. The number of benzene rings is 2. The first-order valence-corrected chi connectivity index (χ1v) is 8.49. The van der Waals surface area contributed by atoms with E-state index in [-0.39, 0.29) is 11.8 Å². The Hall–Kier alpha value is -2.33. The van der Waals surface area contributed by atoms with Crippen molar-refractivity contribution in [2.45, 2.75) is 34.2 Å². The van der Waals surface area contributed by atoms with Crippen LogP contribution in [0.5, 0.6) is 0 Å². The van der Waals surface area contributed by atoms with Crippen molar-refractivity contribution in [3.05, 3.63) is 64.2 Å². The fourth-order valence-corrected chi connectivity index (χ4v) is 2.57. The van der Waals surface area contributed by atoms with Crippen LogP contribution in [0.3, 0.4) is 0 Å². The van der Waals surface area contributed by atoms with Crippen LogP contribution in [0.25, 0.3) is 0 Å². The minimum atomic E-state index is -1.19. The Labute approximate surface area is 153 Å². The molecule has 0 spiro atoms. The molecule has 2 amide bonds. The van der Waals surface area contributed by atoms with Gasteiger partial charge in [-0.05, 0) is 68.7 Å². The summed E-state index contributed by atoms with van der Waals surface area (Å²) in [7, 11) is 0. The Morgan fingerprint density at radius 3 is 2.08 bits per heavy atom. The molecule has 0 aromatic heterocycles. The van der Waals surface area contributed by atoms with Crippen LogP contribution in [-0.2, 0) is 16.1 Å². The summed E-state index contributed by atoms with van der Waals surface area (Å²) >= 11 is 5.85. The van der Waals surface area contributed by atoms with Gasteiger partial charge in [-0.3, -0.25) is 9.59 Å². The minimum Gasteiger partial charge on any atom is -0.351 e. The molecule has 2 aromatic rings. The molecule has 132 valence electrons. The molecule has 0 aliphatic heterocycles. The van der Waals surface area contributed by atoms with E-state index >= 15 is 0 Å². The first-order valence-electron chi connectivity index (χ1n) is 8.11. The predicted molar refractivity (Wildman–Crippen MR) is 102 cm³/mol. The molecule has 0 atom stereocenters. The summed E-state index contributed by atoms with van der Waals surface area (Å²) in [6.07, 6.45) is 0. The van der Waals surface area contributed by atoms with Gasteiger partial charge in [0.2, 0.25) is 11.8 Å². The number of carbonyl (C=O) groups is 2. The summed E-state index contributed by atoms with van der Waals surface area (Å²) in [5.74, 6) is -0.671. The number of hydrogen-bond donors (Lipinski definition) is 2. The lowest BCUT2D eigenvalue weighted by Gasteiger charge is -2.23. The fraction of sp³-hybridized carbons (Fsp3) is 0.300. The third kappa shape index (κ3) is 5.07. The lowest BCUT2D eigenvalue weighted by molar-refractivity contribution is -0.138. The van der Waals surface area contributed by atoms with Crippen LogP contribution in [-0.4, -0.2) is 11.8 Å². The second-order valence-corrected chi connectivity index (χ2v) is 7.20. The van der Waals surface area contributed by atoms with Gasteiger partial charge in [-0.25, -0.2) is 0 Å². The Morgan fingerprint density at radius 2 is 1.52 bits per heavy atom. The standard InChI is InChI=1S/C20H23ClN2O2/c1-13-9-14(2)11-17(10-13)23-19(25)20(3,4)18(24)22-12-15-5-7-16(21)8-6-15/h5-11H,12H2,1-4H3,(H,22,24)(H,23,25). The van der Waals surface area contributed by atoms with Gasteiger partial charge in [0.05, 0.1) is 0 Å². The summed E-state index contributed by atoms with van der Waals surface area (Å²) in [5, 5.41) is 6.28. The van der Waals surface area contributed by atoms with Crippen molar-refractivity contribution in [3.8, 4) is 0 Å². The van der Waals surface area contributed by atoms with E-state index < -0.39 is 5.41 Å². The van der Waals surface area contributed by atoms with Crippen LogP contribution in [0.15, 0.2) is 42.5 Å². The van der Waals surface area contributed by atoms with Crippen LogP contribution in [0.4, 0.5) is 5.69 Å². The quantitative estimate of drug-likeness (QED) is 0.785. The van der Waals surface area contributed by atoms with Gasteiger partial charge < -0.3 is 10.6 Å². The monoisotopic (exact) mass is 358 g/mol. The zero-order chi connectivity index (χ0) is 18.6. The molecule has 4 nitrogen and oxygen atoms in total. The van der Waals surface area contributed by atoms with Crippen molar-refractivity contribution in [2.24, 2.45) is 5.41 Å². The molecular formula is C20H23ClN2O2. The van der Waals surface area contributed by atoms with E-state index in [0.717, 1.165) is 16.7 Å². The summed E-state index contributed by atoms with van der Waals surface area (Å²) < 4.78 is 0. The normalized spacial score (nSPS) is 11.1. The van der Waals surface area contributed by atoms with Crippen LogP contribution in [0, 0.1) is 19.3 Å². The van der Waals surface area contributed by atoms with Crippen molar-refractivity contribution in [3.63, 3.8) is 0 Å². The van der Waals surface area contributed by atoms with E-state index in [1.54, 1.807) is 26.0 Å². The van der Waals surface area contributed by atoms with Gasteiger partial charge in [0.15, 0.2) is 0 Å². The highest BCUT2D eigenvalue weighted by molar-refractivity contribution is 6.30. The average Bonchev–Trinajstić information content (AvgIpc) is 2.52. The number of anilines is 1. The van der Waals surface area contributed by atoms with E-state index in [1.807, 2.05) is 44.2 Å². The molecule has 0 unspecified atom stereocenters. The summed E-state index contributed by atoms with van der Waals surface area (Å²) in [5.41, 5.74) is 2.54. The molecule has 5 heteroatoms. The maximum atomic E-state index is 12.6. The molecule has 0 saturated carbocycles. The number of nitrogens with one attached hydrogen (secondary N) is 2. The van der Waals surface area contributed by atoms with Gasteiger partial charge in [-0.2, -0.15) is 0 Å². The second-order valence-electron chi connectivity index (χ2n) is 6.76.